The zero-order valence-electron chi connectivity index (χ0n) is 17.8. The highest BCUT2D eigenvalue weighted by molar-refractivity contribution is 6.09. The SMILES string of the molecule is CCCCCCCCc1ccc(NC(=O)c2ccc3c(c2)NC(=O)C3(C)C)cc1. The maximum atomic E-state index is 12.6. The van der Waals surface area contributed by atoms with Crippen molar-refractivity contribution in [1.82, 2.24) is 0 Å². The van der Waals surface area contributed by atoms with Crippen molar-refractivity contribution in [2.45, 2.75) is 71.1 Å². The molecular formula is C25H32N2O2. The molecule has 0 radical (unpaired) electrons. The van der Waals surface area contributed by atoms with Gasteiger partial charge in [0.15, 0.2) is 0 Å². The summed E-state index contributed by atoms with van der Waals surface area (Å²) in [6.07, 6.45) is 8.86. The molecule has 0 saturated carbocycles. The average molecular weight is 393 g/mol. The topological polar surface area (TPSA) is 58.2 Å². The van der Waals surface area contributed by atoms with Gasteiger partial charge in [-0.1, -0.05) is 57.2 Å². The minimum absolute atomic E-state index is 0.0361. The lowest BCUT2D eigenvalue weighted by Crippen LogP contribution is -2.26. The molecular weight excluding hydrogens is 360 g/mol. The summed E-state index contributed by atoms with van der Waals surface area (Å²) >= 11 is 0. The number of fused-ring (bicyclic) bond motifs is 1. The second-order valence-corrected chi connectivity index (χ2v) is 8.51. The fourth-order valence-electron chi connectivity index (χ4n) is 3.80. The van der Waals surface area contributed by atoms with Gasteiger partial charge in [0.2, 0.25) is 5.91 Å². The van der Waals surface area contributed by atoms with Crippen LogP contribution in [0, 0.1) is 0 Å². The third-order valence-corrected chi connectivity index (χ3v) is 5.80. The molecule has 0 bridgehead atoms. The van der Waals surface area contributed by atoms with Crippen molar-refractivity contribution in [3.63, 3.8) is 0 Å². The van der Waals surface area contributed by atoms with Gasteiger partial charge in [-0.3, -0.25) is 9.59 Å². The molecule has 0 fully saturated rings. The van der Waals surface area contributed by atoms with E-state index in [2.05, 4.69) is 29.7 Å². The number of unbranched alkanes of at least 4 members (excludes halogenated alkanes) is 5. The van der Waals surface area contributed by atoms with Crippen LogP contribution in [0.25, 0.3) is 0 Å². The van der Waals surface area contributed by atoms with Crippen LogP contribution in [-0.2, 0) is 16.6 Å². The van der Waals surface area contributed by atoms with Crippen LogP contribution in [0.15, 0.2) is 42.5 Å². The number of aryl methyl sites for hydroxylation is 1. The molecule has 3 rings (SSSR count). The van der Waals surface area contributed by atoms with Crippen LogP contribution in [0.2, 0.25) is 0 Å². The van der Waals surface area contributed by atoms with Crippen LogP contribution in [0.3, 0.4) is 0 Å². The van der Waals surface area contributed by atoms with Crippen LogP contribution in [0.4, 0.5) is 11.4 Å². The molecule has 0 spiro atoms. The van der Waals surface area contributed by atoms with E-state index >= 15 is 0 Å². The number of anilines is 2. The molecule has 0 saturated heterocycles. The van der Waals surface area contributed by atoms with Gasteiger partial charge >= 0.3 is 0 Å². The van der Waals surface area contributed by atoms with Gasteiger partial charge in [-0.2, -0.15) is 0 Å². The summed E-state index contributed by atoms with van der Waals surface area (Å²) < 4.78 is 0. The number of benzene rings is 2. The van der Waals surface area contributed by atoms with Gasteiger partial charge in [-0.25, -0.2) is 0 Å². The Morgan fingerprint density at radius 1 is 0.966 bits per heavy atom. The Hall–Kier alpha value is -2.62. The highest BCUT2D eigenvalue weighted by atomic mass is 16.2. The summed E-state index contributed by atoms with van der Waals surface area (Å²) in [5.41, 5.74) is 3.72. The summed E-state index contributed by atoms with van der Waals surface area (Å²) in [6.45, 7) is 6.02. The number of amides is 2. The Morgan fingerprint density at radius 2 is 1.66 bits per heavy atom. The van der Waals surface area contributed by atoms with E-state index in [9.17, 15) is 9.59 Å². The molecule has 0 atom stereocenters. The monoisotopic (exact) mass is 392 g/mol. The summed E-state index contributed by atoms with van der Waals surface area (Å²) in [4.78, 5) is 24.7. The quantitative estimate of drug-likeness (QED) is 0.509. The number of carbonyl (C=O) groups excluding carboxylic acids is 2. The maximum absolute atomic E-state index is 12.6. The van der Waals surface area contributed by atoms with Crippen molar-refractivity contribution >= 4 is 23.2 Å². The number of rotatable bonds is 9. The lowest BCUT2D eigenvalue weighted by molar-refractivity contribution is -0.119. The van der Waals surface area contributed by atoms with Gasteiger partial charge in [-0.05, 0) is 62.1 Å². The van der Waals surface area contributed by atoms with Crippen molar-refractivity contribution < 1.29 is 9.59 Å². The second kappa shape index (κ2) is 9.25. The third-order valence-electron chi connectivity index (χ3n) is 5.80. The first-order valence-electron chi connectivity index (χ1n) is 10.8. The first kappa shape index (κ1) is 21.1. The highest BCUT2D eigenvalue weighted by Crippen LogP contribution is 2.37. The number of carbonyl (C=O) groups is 2. The van der Waals surface area contributed by atoms with Crippen molar-refractivity contribution in [1.29, 1.82) is 0 Å². The zero-order chi connectivity index (χ0) is 20.9. The normalized spacial score (nSPS) is 14.4. The molecule has 4 nitrogen and oxygen atoms in total. The summed E-state index contributed by atoms with van der Waals surface area (Å²) in [6, 6.07) is 13.5. The summed E-state index contributed by atoms with van der Waals surface area (Å²) in [5, 5.41) is 5.82. The summed E-state index contributed by atoms with van der Waals surface area (Å²) in [5.74, 6) is -0.207. The van der Waals surface area contributed by atoms with Crippen molar-refractivity contribution in [3.05, 3.63) is 59.2 Å². The lowest BCUT2D eigenvalue weighted by atomic mass is 9.86. The molecule has 2 N–H and O–H groups in total. The van der Waals surface area contributed by atoms with Crippen molar-refractivity contribution in [3.8, 4) is 0 Å². The van der Waals surface area contributed by atoms with E-state index in [1.54, 1.807) is 12.1 Å². The highest BCUT2D eigenvalue weighted by Gasteiger charge is 2.38. The number of hydrogen-bond acceptors (Lipinski definition) is 2. The Bertz CT molecular complexity index is 869. The van der Waals surface area contributed by atoms with Crippen LogP contribution < -0.4 is 10.6 Å². The standard InChI is InChI=1S/C25H32N2O2/c1-4-5-6-7-8-9-10-18-11-14-20(15-12-18)26-23(28)19-13-16-21-22(17-19)27-24(29)25(21,2)3/h11-17H,4-10H2,1-3H3,(H,26,28)(H,27,29). The van der Waals surface area contributed by atoms with Crippen LogP contribution >= 0.6 is 0 Å². The minimum atomic E-state index is -0.559. The average Bonchev–Trinajstić information content (AvgIpc) is 2.94. The van der Waals surface area contributed by atoms with E-state index in [1.165, 1.54) is 44.1 Å². The molecule has 29 heavy (non-hydrogen) atoms. The largest absolute Gasteiger partial charge is 0.325 e. The van der Waals surface area contributed by atoms with Gasteiger partial charge in [-0.15, -0.1) is 0 Å². The molecule has 2 aromatic rings. The lowest BCUT2D eigenvalue weighted by Gasteiger charge is -2.15. The molecule has 4 heteroatoms. The van der Waals surface area contributed by atoms with E-state index in [0.717, 1.165) is 23.4 Å². The van der Waals surface area contributed by atoms with E-state index in [-0.39, 0.29) is 11.8 Å². The smallest absolute Gasteiger partial charge is 0.255 e. The van der Waals surface area contributed by atoms with E-state index in [4.69, 9.17) is 0 Å². The Kier molecular flexibility index (Phi) is 6.73. The van der Waals surface area contributed by atoms with E-state index < -0.39 is 5.41 Å². The van der Waals surface area contributed by atoms with Gasteiger partial charge in [0.1, 0.15) is 0 Å². The summed E-state index contributed by atoms with van der Waals surface area (Å²) in [7, 11) is 0. The van der Waals surface area contributed by atoms with E-state index in [0.29, 0.717) is 5.56 Å². The molecule has 1 heterocycles. The number of hydrogen-bond donors (Lipinski definition) is 2. The molecule has 154 valence electrons. The third kappa shape index (κ3) is 5.06. The van der Waals surface area contributed by atoms with Crippen LogP contribution in [0.5, 0.6) is 0 Å². The van der Waals surface area contributed by atoms with Crippen molar-refractivity contribution in [2.75, 3.05) is 10.6 Å². The van der Waals surface area contributed by atoms with Crippen molar-refractivity contribution in [2.24, 2.45) is 0 Å². The Balaban J connectivity index is 1.54. The molecule has 2 aromatic carbocycles. The molecule has 0 aliphatic carbocycles. The van der Waals surface area contributed by atoms with Gasteiger partial charge in [0.05, 0.1) is 5.41 Å². The second-order valence-electron chi connectivity index (χ2n) is 8.51. The first-order chi connectivity index (χ1) is 13.9. The van der Waals surface area contributed by atoms with Crippen LogP contribution in [0.1, 0.15) is 80.8 Å². The Labute approximate surface area is 174 Å². The zero-order valence-corrected chi connectivity index (χ0v) is 17.8. The van der Waals surface area contributed by atoms with Gasteiger partial charge in [0.25, 0.3) is 5.91 Å². The van der Waals surface area contributed by atoms with Gasteiger partial charge in [0, 0.05) is 16.9 Å². The first-order valence-corrected chi connectivity index (χ1v) is 10.8. The van der Waals surface area contributed by atoms with E-state index in [1.807, 2.05) is 32.0 Å². The Morgan fingerprint density at radius 3 is 2.38 bits per heavy atom. The van der Waals surface area contributed by atoms with Crippen LogP contribution in [-0.4, -0.2) is 11.8 Å². The molecule has 2 amide bonds. The minimum Gasteiger partial charge on any atom is -0.325 e. The van der Waals surface area contributed by atoms with Gasteiger partial charge < -0.3 is 10.6 Å². The predicted octanol–water partition coefficient (Wildman–Crippen LogP) is 6.07. The molecule has 1 aliphatic rings. The molecule has 0 aromatic heterocycles. The molecule has 1 aliphatic heterocycles. The molecule has 0 unspecified atom stereocenters. The fourth-order valence-corrected chi connectivity index (χ4v) is 3.80. The maximum Gasteiger partial charge on any atom is 0.255 e. The fraction of sp³-hybridized carbons (Fsp3) is 0.440. The predicted molar refractivity (Wildman–Crippen MR) is 120 cm³/mol. The number of nitrogens with one attached hydrogen (secondary N) is 2.